The number of rotatable bonds is 2. The largest absolute Gasteiger partial charge is 0.480 e. The van der Waals surface area contributed by atoms with Crippen molar-refractivity contribution in [3.8, 4) is 11.3 Å². The van der Waals surface area contributed by atoms with Crippen LogP contribution in [0.4, 0.5) is 0 Å². The van der Waals surface area contributed by atoms with E-state index in [-0.39, 0.29) is 5.90 Å². The van der Waals surface area contributed by atoms with Gasteiger partial charge in [0.05, 0.1) is 12.8 Å². The Hall–Kier alpha value is -2.16. The number of nitrogens with one attached hydrogen (secondary N) is 1. The quantitative estimate of drug-likeness (QED) is 0.614. The molecule has 1 N–H and O–H groups in total. The number of methoxy groups -OCH3 is 1. The molecule has 16 heavy (non-hydrogen) atoms. The average Bonchev–Trinajstić information content (AvgIpc) is 2.39. The molecule has 80 valence electrons. The Morgan fingerprint density at radius 1 is 1.06 bits per heavy atom. The first-order chi connectivity index (χ1) is 7.81. The Kier molecular flexibility index (Phi) is 2.96. The summed E-state index contributed by atoms with van der Waals surface area (Å²) in [6.07, 6.45) is 0. The van der Waals surface area contributed by atoms with Crippen LogP contribution in [-0.4, -0.2) is 18.0 Å². The number of aromatic nitrogens is 1. The van der Waals surface area contributed by atoms with Crippen LogP contribution in [0.15, 0.2) is 48.5 Å². The monoisotopic (exact) mass is 212 g/mol. The fourth-order valence-electron chi connectivity index (χ4n) is 1.44. The Morgan fingerprint density at radius 3 is 2.50 bits per heavy atom. The topological polar surface area (TPSA) is 46.0 Å². The molecule has 0 radical (unpaired) electrons. The minimum absolute atomic E-state index is 0.0813. The van der Waals surface area contributed by atoms with Crippen LogP contribution in [0.3, 0.4) is 0 Å². The third-order valence-corrected chi connectivity index (χ3v) is 2.26. The third kappa shape index (κ3) is 2.08. The molecule has 0 saturated carbocycles. The lowest BCUT2D eigenvalue weighted by Gasteiger charge is -2.04. The molecule has 0 spiro atoms. The molecule has 0 atom stereocenters. The second-order valence-corrected chi connectivity index (χ2v) is 3.31. The molecule has 1 aromatic carbocycles. The fraction of sp³-hybridized carbons (Fsp3) is 0.0769. The van der Waals surface area contributed by atoms with Crippen LogP contribution < -0.4 is 0 Å². The molecule has 0 saturated heterocycles. The Labute approximate surface area is 94.2 Å². The normalized spacial score (nSPS) is 9.81. The van der Waals surface area contributed by atoms with Crippen molar-refractivity contribution in [1.29, 1.82) is 5.41 Å². The van der Waals surface area contributed by atoms with Crippen LogP contribution in [0.5, 0.6) is 0 Å². The van der Waals surface area contributed by atoms with Crippen LogP contribution in [0, 0.1) is 5.41 Å². The summed E-state index contributed by atoms with van der Waals surface area (Å²) < 4.78 is 4.85. The van der Waals surface area contributed by atoms with E-state index in [1.165, 1.54) is 7.11 Å². The van der Waals surface area contributed by atoms with Gasteiger partial charge in [-0.3, -0.25) is 5.41 Å². The smallest absolute Gasteiger partial charge is 0.232 e. The van der Waals surface area contributed by atoms with E-state index < -0.39 is 0 Å². The Balaban J connectivity index is 2.40. The Morgan fingerprint density at radius 2 is 1.81 bits per heavy atom. The standard InChI is InChI=1S/C13H12N2O/c1-16-13(14)12-9-5-8-11(15-12)10-6-3-2-4-7-10/h2-9,14H,1H3. The minimum Gasteiger partial charge on any atom is -0.480 e. The van der Waals surface area contributed by atoms with E-state index in [0.717, 1.165) is 11.3 Å². The van der Waals surface area contributed by atoms with Gasteiger partial charge in [0.25, 0.3) is 0 Å². The molecule has 3 heteroatoms. The van der Waals surface area contributed by atoms with Gasteiger partial charge in [0.2, 0.25) is 5.90 Å². The van der Waals surface area contributed by atoms with Crippen molar-refractivity contribution in [2.75, 3.05) is 7.11 Å². The molecule has 0 aliphatic heterocycles. The number of hydrogen-bond acceptors (Lipinski definition) is 3. The molecule has 3 nitrogen and oxygen atoms in total. The fourth-order valence-corrected chi connectivity index (χ4v) is 1.44. The highest BCUT2D eigenvalue weighted by molar-refractivity contribution is 5.90. The van der Waals surface area contributed by atoms with Gasteiger partial charge in [-0.05, 0) is 12.1 Å². The summed E-state index contributed by atoms with van der Waals surface area (Å²) in [5, 5.41) is 7.55. The van der Waals surface area contributed by atoms with Crippen molar-refractivity contribution in [2.45, 2.75) is 0 Å². The summed E-state index contributed by atoms with van der Waals surface area (Å²) >= 11 is 0. The summed E-state index contributed by atoms with van der Waals surface area (Å²) in [4.78, 5) is 4.36. The lowest BCUT2D eigenvalue weighted by Crippen LogP contribution is -2.04. The van der Waals surface area contributed by atoms with Crippen LogP contribution in [0.2, 0.25) is 0 Å². The minimum atomic E-state index is 0.0813. The van der Waals surface area contributed by atoms with Crippen LogP contribution >= 0.6 is 0 Å². The predicted octanol–water partition coefficient (Wildman–Crippen LogP) is 2.72. The van der Waals surface area contributed by atoms with E-state index in [2.05, 4.69) is 4.98 Å². The second kappa shape index (κ2) is 4.57. The zero-order chi connectivity index (χ0) is 11.4. The molecule has 0 aliphatic carbocycles. The van der Waals surface area contributed by atoms with Crippen molar-refractivity contribution < 1.29 is 4.74 Å². The van der Waals surface area contributed by atoms with Crippen LogP contribution in [-0.2, 0) is 4.74 Å². The lowest BCUT2D eigenvalue weighted by molar-refractivity contribution is 0.399. The summed E-state index contributed by atoms with van der Waals surface area (Å²) in [5.41, 5.74) is 2.43. The summed E-state index contributed by atoms with van der Waals surface area (Å²) in [6.45, 7) is 0. The van der Waals surface area contributed by atoms with Crippen molar-refractivity contribution in [3.63, 3.8) is 0 Å². The van der Waals surface area contributed by atoms with Gasteiger partial charge in [-0.25, -0.2) is 4.98 Å². The number of ether oxygens (including phenoxy) is 1. The highest BCUT2D eigenvalue weighted by atomic mass is 16.5. The number of hydrogen-bond donors (Lipinski definition) is 1. The Bertz CT molecular complexity index is 494. The van der Waals surface area contributed by atoms with Crippen LogP contribution in [0.25, 0.3) is 11.3 Å². The van der Waals surface area contributed by atoms with E-state index in [1.807, 2.05) is 42.5 Å². The molecule has 0 unspecified atom stereocenters. The second-order valence-electron chi connectivity index (χ2n) is 3.31. The molecule has 2 rings (SSSR count). The highest BCUT2D eigenvalue weighted by Gasteiger charge is 2.04. The van der Waals surface area contributed by atoms with Gasteiger partial charge >= 0.3 is 0 Å². The molecule has 1 aromatic heterocycles. The predicted molar refractivity (Wildman–Crippen MR) is 63.5 cm³/mol. The maximum Gasteiger partial charge on any atom is 0.232 e. The van der Waals surface area contributed by atoms with Gasteiger partial charge in [0.15, 0.2) is 0 Å². The van der Waals surface area contributed by atoms with E-state index in [0.29, 0.717) is 5.69 Å². The van der Waals surface area contributed by atoms with Gasteiger partial charge in [-0.2, -0.15) is 0 Å². The highest BCUT2D eigenvalue weighted by Crippen LogP contribution is 2.16. The summed E-state index contributed by atoms with van der Waals surface area (Å²) in [7, 11) is 1.47. The third-order valence-electron chi connectivity index (χ3n) is 2.26. The van der Waals surface area contributed by atoms with E-state index in [1.54, 1.807) is 6.07 Å². The lowest BCUT2D eigenvalue weighted by atomic mass is 10.1. The summed E-state index contributed by atoms with van der Waals surface area (Å²) in [6, 6.07) is 15.4. The maximum atomic E-state index is 7.55. The van der Waals surface area contributed by atoms with Gasteiger partial charge in [-0.15, -0.1) is 0 Å². The zero-order valence-electron chi connectivity index (χ0n) is 8.97. The van der Waals surface area contributed by atoms with E-state index >= 15 is 0 Å². The molecule has 2 aromatic rings. The molecular formula is C13H12N2O. The zero-order valence-corrected chi connectivity index (χ0v) is 8.97. The van der Waals surface area contributed by atoms with Crippen LogP contribution in [0.1, 0.15) is 5.69 Å². The number of nitrogens with zero attached hydrogens (tertiary/aromatic N) is 1. The summed E-state index contributed by atoms with van der Waals surface area (Å²) in [5.74, 6) is 0.0813. The average molecular weight is 212 g/mol. The van der Waals surface area contributed by atoms with E-state index in [9.17, 15) is 0 Å². The van der Waals surface area contributed by atoms with Gasteiger partial charge in [0.1, 0.15) is 5.69 Å². The molecule has 0 amide bonds. The SMILES string of the molecule is COC(=N)c1cccc(-c2ccccc2)n1. The first kappa shape index (κ1) is 10.4. The van der Waals surface area contributed by atoms with E-state index in [4.69, 9.17) is 10.1 Å². The molecule has 0 fully saturated rings. The van der Waals surface area contributed by atoms with Gasteiger partial charge < -0.3 is 4.74 Å². The van der Waals surface area contributed by atoms with Crippen molar-refractivity contribution >= 4 is 5.90 Å². The number of pyridine rings is 1. The molecule has 0 bridgehead atoms. The molecule has 0 aliphatic rings. The first-order valence-electron chi connectivity index (χ1n) is 4.96. The maximum absolute atomic E-state index is 7.55. The molecular weight excluding hydrogens is 200 g/mol. The number of benzene rings is 1. The first-order valence-corrected chi connectivity index (χ1v) is 4.96. The molecule has 1 heterocycles. The van der Waals surface area contributed by atoms with Gasteiger partial charge in [0, 0.05) is 5.56 Å². The van der Waals surface area contributed by atoms with Gasteiger partial charge in [-0.1, -0.05) is 36.4 Å². The van der Waals surface area contributed by atoms with Crippen molar-refractivity contribution in [2.24, 2.45) is 0 Å². The van der Waals surface area contributed by atoms with Crippen molar-refractivity contribution in [3.05, 3.63) is 54.2 Å². The van der Waals surface area contributed by atoms with Crippen molar-refractivity contribution in [1.82, 2.24) is 4.98 Å².